The number of ether oxygens (including phenoxy) is 8. The fraction of sp³-hybridized carbons (Fsp3) is 1.00. The second kappa shape index (κ2) is 16.3. The molecule has 254 valence electrons. The first kappa shape index (κ1) is 36.8. The molecular formula is C27H50O16. The highest BCUT2D eigenvalue weighted by molar-refractivity contribution is 4.94. The van der Waals surface area contributed by atoms with E-state index in [-0.39, 0.29) is 18.8 Å². The van der Waals surface area contributed by atoms with Crippen molar-refractivity contribution in [2.45, 2.75) is 152 Å². The second-order valence-electron chi connectivity index (χ2n) is 11.9. The van der Waals surface area contributed by atoms with Crippen molar-refractivity contribution in [3.05, 3.63) is 0 Å². The average molecular weight is 631 g/mol. The molecule has 8 N–H and O–H groups in total. The molecule has 3 aliphatic heterocycles. The van der Waals surface area contributed by atoms with E-state index in [1.165, 1.54) is 0 Å². The largest absolute Gasteiger partial charge is 0.387 e. The van der Waals surface area contributed by atoms with Crippen LogP contribution in [0.5, 0.6) is 0 Å². The highest BCUT2D eigenvalue weighted by Gasteiger charge is 2.50. The third-order valence-corrected chi connectivity index (χ3v) is 7.26. The molecule has 3 saturated heterocycles. The minimum absolute atomic E-state index is 0.0820. The summed E-state index contributed by atoms with van der Waals surface area (Å²) in [5, 5.41) is 84.0. The molecule has 16 heteroatoms. The Labute approximate surface area is 250 Å². The Morgan fingerprint density at radius 2 is 0.860 bits per heavy atom. The molecule has 15 atom stereocenters. The summed E-state index contributed by atoms with van der Waals surface area (Å²) < 4.78 is 45.1. The standard InChI is InChI=1S/C27H50O16/c1-10(2)36-7-13-16(28)19(31)21(33)25(41-13)37-9-15-18(30)24(39-11(3)4)23(35)26(42-15)38-8-14-17(29)20(32)22(34)27(43-14)40-12(5)6/h10-35H,7-9H2,1-6H3. The van der Waals surface area contributed by atoms with Crippen LogP contribution in [0.15, 0.2) is 0 Å². The van der Waals surface area contributed by atoms with Crippen LogP contribution in [0.4, 0.5) is 0 Å². The number of hydrogen-bond acceptors (Lipinski definition) is 16. The molecular weight excluding hydrogens is 580 g/mol. The zero-order valence-corrected chi connectivity index (χ0v) is 25.4. The van der Waals surface area contributed by atoms with Crippen molar-refractivity contribution in [3.63, 3.8) is 0 Å². The molecule has 0 aliphatic carbocycles. The molecule has 0 radical (unpaired) electrons. The Balaban J connectivity index is 1.68. The van der Waals surface area contributed by atoms with Crippen molar-refractivity contribution >= 4 is 0 Å². The Morgan fingerprint density at radius 1 is 0.442 bits per heavy atom. The SMILES string of the molecule is CC(C)OCC1OC(OCC2OC(OCC3OC(OC(C)C)C(O)C(O)C3O)C(O)C(OC(C)C)C2O)C(O)C(O)C1O. The van der Waals surface area contributed by atoms with Gasteiger partial charge in [-0.1, -0.05) is 0 Å². The summed E-state index contributed by atoms with van der Waals surface area (Å²) in [6.45, 7) is 9.43. The van der Waals surface area contributed by atoms with Gasteiger partial charge in [0.2, 0.25) is 0 Å². The molecule has 3 fully saturated rings. The van der Waals surface area contributed by atoms with Gasteiger partial charge in [-0.05, 0) is 41.5 Å². The van der Waals surface area contributed by atoms with Crippen molar-refractivity contribution in [3.8, 4) is 0 Å². The van der Waals surface area contributed by atoms with Crippen LogP contribution in [0.2, 0.25) is 0 Å². The third kappa shape index (κ3) is 9.45. The number of rotatable bonds is 13. The van der Waals surface area contributed by atoms with Gasteiger partial charge in [-0.3, -0.25) is 0 Å². The zero-order valence-electron chi connectivity index (χ0n) is 25.4. The fourth-order valence-electron chi connectivity index (χ4n) is 4.95. The van der Waals surface area contributed by atoms with Crippen LogP contribution in [0.25, 0.3) is 0 Å². The molecule has 0 saturated carbocycles. The third-order valence-electron chi connectivity index (χ3n) is 7.26. The van der Waals surface area contributed by atoms with Crippen LogP contribution in [0.1, 0.15) is 41.5 Å². The predicted octanol–water partition coefficient (Wildman–Crippen LogP) is -3.27. The van der Waals surface area contributed by atoms with E-state index in [2.05, 4.69) is 0 Å². The van der Waals surface area contributed by atoms with Crippen LogP contribution in [-0.2, 0) is 37.9 Å². The van der Waals surface area contributed by atoms with Crippen LogP contribution in [-0.4, -0.2) is 171 Å². The maximum atomic E-state index is 11.0. The van der Waals surface area contributed by atoms with Crippen LogP contribution < -0.4 is 0 Å². The Hall–Kier alpha value is -0.640. The van der Waals surface area contributed by atoms with E-state index < -0.39 is 111 Å². The van der Waals surface area contributed by atoms with Gasteiger partial charge in [-0.15, -0.1) is 0 Å². The molecule has 0 aromatic carbocycles. The first-order valence-electron chi connectivity index (χ1n) is 14.7. The van der Waals surface area contributed by atoms with Gasteiger partial charge >= 0.3 is 0 Å². The van der Waals surface area contributed by atoms with Crippen LogP contribution >= 0.6 is 0 Å². The smallest absolute Gasteiger partial charge is 0.186 e. The highest BCUT2D eigenvalue weighted by Crippen LogP contribution is 2.30. The Bertz CT molecular complexity index is 818. The molecule has 15 unspecified atom stereocenters. The van der Waals surface area contributed by atoms with Crippen molar-refractivity contribution in [1.29, 1.82) is 0 Å². The molecule has 0 spiro atoms. The molecule has 0 aromatic rings. The van der Waals surface area contributed by atoms with Crippen LogP contribution in [0, 0.1) is 0 Å². The highest BCUT2D eigenvalue weighted by atomic mass is 16.7. The van der Waals surface area contributed by atoms with E-state index in [1.54, 1.807) is 41.5 Å². The van der Waals surface area contributed by atoms with Crippen molar-refractivity contribution in [2.24, 2.45) is 0 Å². The van der Waals surface area contributed by atoms with Gasteiger partial charge in [0.25, 0.3) is 0 Å². The Kier molecular flexibility index (Phi) is 13.9. The van der Waals surface area contributed by atoms with E-state index in [9.17, 15) is 40.9 Å². The van der Waals surface area contributed by atoms with Crippen molar-refractivity contribution in [2.75, 3.05) is 19.8 Å². The molecule has 0 amide bonds. The lowest BCUT2D eigenvalue weighted by molar-refractivity contribution is -0.348. The number of hydrogen-bond donors (Lipinski definition) is 8. The molecule has 43 heavy (non-hydrogen) atoms. The first-order chi connectivity index (χ1) is 20.1. The van der Waals surface area contributed by atoms with E-state index >= 15 is 0 Å². The quantitative estimate of drug-likeness (QED) is 0.0996. The van der Waals surface area contributed by atoms with E-state index in [1.807, 2.05) is 0 Å². The summed E-state index contributed by atoms with van der Waals surface area (Å²) in [6.07, 6.45) is -22.0. The molecule has 16 nitrogen and oxygen atoms in total. The first-order valence-corrected chi connectivity index (χ1v) is 14.7. The summed E-state index contributed by atoms with van der Waals surface area (Å²) in [5.41, 5.74) is 0. The van der Waals surface area contributed by atoms with E-state index in [0.29, 0.717) is 0 Å². The number of aliphatic hydroxyl groups is 8. The van der Waals surface area contributed by atoms with E-state index in [0.717, 1.165) is 0 Å². The maximum Gasteiger partial charge on any atom is 0.186 e. The normalized spacial score (nSPS) is 44.4. The van der Waals surface area contributed by atoms with Crippen molar-refractivity contribution in [1.82, 2.24) is 0 Å². The van der Waals surface area contributed by atoms with Gasteiger partial charge < -0.3 is 78.7 Å². The van der Waals surface area contributed by atoms with Gasteiger partial charge in [-0.2, -0.15) is 0 Å². The summed E-state index contributed by atoms with van der Waals surface area (Å²) in [5.74, 6) is 0. The lowest BCUT2D eigenvalue weighted by Crippen LogP contribution is -2.63. The zero-order chi connectivity index (χ0) is 32.2. The minimum Gasteiger partial charge on any atom is -0.387 e. The van der Waals surface area contributed by atoms with Gasteiger partial charge in [0.15, 0.2) is 18.9 Å². The summed E-state index contributed by atoms with van der Waals surface area (Å²) >= 11 is 0. The minimum atomic E-state index is -1.64. The lowest BCUT2D eigenvalue weighted by Gasteiger charge is -2.45. The number of aliphatic hydroxyl groups excluding tert-OH is 8. The van der Waals surface area contributed by atoms with Gasteiger partial charge in [-0.25, -0.2) is 0 Å². The Morgan fingerprint density at radius 3 is 1.35 bits per heavy atom. The van der Waals surface area contributed by atoms with Gasteiger partial charge in [0, 0.05) is 0 Å². The molecule has 3 rings (SSSR count). The topological polar surface area (TPSA) is 236 Å². The summed E-state index contributed by atoms with van der Waals surface area (Å²) in [4.78, 5) is 0. The summed E-state index contributed by atoms with van der Waals surface area (Å²) in [6, 6.07) is 0. The van der Waals surface area contributed by atoms with Gasteiger partial charge in [0.05, 0.1) is 38.1 Å². The molecule has 0 aromatic heterocycles. The van der Waals surface area contributed by atoms with E-state index in [4.69, 9.17) is 37.9 Å². The molecule has 3 aliphatic rings. The average Bonchev–Trinajstić information content (AvgIpc) is 2.93. The lowest BCUT2D eigenvalue weighted by atomic mass is 9.97. The summed E-state index contributed by atoms with van der Waals surface area (Å²) in [7, 11) is 0. The fourth-order valence-corrected chi connectivity index (χ4v) is 4.95. The predicted molar refractivity (Wildman–Crippen MR) is 143 cm³/mol. The maximum absolute atomic E-state index is 11.0. The molecule has 0 bridgehead atoms. The van der Waals surface area contributed by atoms with Crippen LogP contribution in [0.3, 0.4) is 0 Å². The molecule has 3 heterocycles. The van der Waals surface area contributed by atoms with Crippen molar-refractivity contribution < 1.29 is 78.7 Å². The second-order valence-corrected chi connectivity index (χ2v) is 11.9. The van der Waals surface area contributed by atoms with Gasteiger partial charge in [0.1, 0.15) is 73.2 Å². The monoisotopic (exact) mass is 630 g/mol.